The average Bonchev–Trinajstić information content (AvgIpc) is 2.83. The topological polar surface area (TPSA) is 33.1 Å². The van der Waals surface area contributed by atoms with E-state index in [-0.39, 0.29) is 0 Å². The van der Waals surface area contributed by atoms with E-state index in [2.05, 4.69) is 47.0 Å². The van der Waals surface area contributed by atoms with E-state index < -0.39 is 0 Å². The van der Waals surface area contributed by atoms with E-state index in [0.717, 1.165) is 31.0 Å². The second-order valence-corrected chi connectivity index (χ2v) is 7.26. The van der Waals surface area contributed by atoms with Gasteiger partial charge >= 0.3 is 0 Å². The number of fused-ring (bicyclic) bond motifs is 2. The predicted molar refractivity (Wildman–Crippen MR) is 86.3 cm³/mol. The van der Waals surface area contributed by atoms with Gasteiger partial charge in [0.1, 0.15) is 0 Å². The maximum absolute atomic E-state index is 4.37. The van der Waals surface area contributed by atoms with Crippen molar-refractivity contribution in [3.8, 4) is 0 Å². The highest BCUT2D eigenvalue weighted by Crippen LogP contribution is 2.35. The summed E-state index contributed by atoms with van der Waals surface area (Å²) in [5, 5.41) is 8.23. The second kappa shape index (κ2) is 6.49. The minimum atomic E-state index is 0.695. The molecule has 1 N–H and O–H groups in total. The Kier molecular flexibility index (Phi) is 4.65. The number of aromatic nitrogens is 2. The van der Waals surface area contributed by atoms with Crippen molar-refractivity contribution >= 4 is 0 Å². The molecule has 2 bridgehead atoms. The average molecular weight is 290 g/mol. The maximum Gasteiger partial charge on any atom is 0.0534 e. The number of piperidine rings is 1. The van der Waals surface area contributed by atoms with Crippen LogP contribution in [0.5, 0.6) is 0 Å². The Balaban J connectivity index is 1.53. The highest BCUT2D eigenvalue weighted by Gasteiger charge is 2.39. The standard InChI is InChI=1S/C17H30N4/c1-13(2)20-11-15-5-4-6-16(12-20)17(15)18-7-8-21-10-14(3)9-19-21/h9-10,13,15-18H,4-8,11-12H2,1-3H3. The summed E-state index contributed by atoms with van der Waals surface area (Å²) in [4.78, 5) is 2.68. The Morgan fingerprint density at radius 3 is 2.57 bits per heavy atom. The molecule has 118 valence electrons. The highest BCUT2D eigenvalue weighted by atomic mass is 15.3. The molecular formula is C17H30N4. The Morgan fingerprint density at radius 1 is 1.29 bits per heavy atom. The van der Waals surface area contributed by atoms with Gasteiger partial charge in [0, 0.05) is 37.9 Å². The summed E-state index contributed by atoms with van der Waals surface area (Å²) < 4.78 is 2.06. The van der Waals surface area contributed by atoms with Crippen LogP contribution in [0.25, 0.3) is 0 Å². The van der Waals surface area contributed by atoms with Gasteiger partial charge in [0.2, 0.25) is 0 Å². The number of likely N-dealkylation sites (tertiary alicyclic amines) is 1. The summed E-state index contributed by atoms with van der Waals surface area (Å²) in [6.07, 6.45) is 8.30. The van der Waals surface area contributed by atoms with Gasteiger partial charge in [-0.05, 0) is 51.0 Å². The van der Waals surface area contributed by atoms with Crippen molar-refractivity contribution in [3.05, 3.63) is 18.0 Å². The largest absolute Gasteiger partial charge is 0.311 e. The first-order chi connectivity index (χ1) is 10.1. The first kappa shape index (κ1) is 15.0. The fourth-order valence-corrected chi connectivity index (χ4v) is 4.16. The lowest BCUT2D eigenvalue weighted by molar-refractivity contribution is 0.0294. The molecule has 1 aliphatic carbocycles. The molecule has 2 fully saturated rings. The summed E-state index contributed by atoms with van der Waals surface area (Å²) in [5.41, 5.74) is 1.25. The lowest BCUT2D eigenvalue weighted by atomic mass is 9.73. The van der Waals surface area contributed by atoms with Crippen LogP contribution in [0, 0.1) is 18.8 Å². The monoisotopic (exact) mass is 290 g/mol. The Bertz CT molecular complexity index is 439. The second-order valence-electron chi connectivity index (χ2n) is 7.26. The first-order valence-corrected chi connectivity index (χ1v) is 8.60. The molecule has 0 amide bonds. The SMILES string of the molecule is Cc1cnn(CCNC2C3CCCC2CN(C(C)C)C3)c1. The lowest BCUT2D eigenvalue weighted by Crippen LogP contribution is -2.58. The van der Waals surface area contributed by atoms with Gasteiger partial charge in [-0.15, -0.1) is 0 Å². The third-order valence-corrected chi connectivity index (χ3v) is 5.32. The van der Waals surface area contributed by atoms with Crippen LogP contribution in [0.15, 0.2) is 12.4 Å². The van der Waals surface area contributed by atoms with E-state index in [1.54, 1.807) is 0 Å². The molecule has 4 nitrogen and oxygen atoms in total. The molecule has 2 atom stereocenters. The molecule has 2 unspecified atom stereocenters. The van der Waals surface area contributed by atoms with Crippen LogP contribution in [0.4, 0.5) is 0 Å². The summed E-state index contributed by atoms with van der Waals surface area (Å²) in [6, 6.07) is 1.42. The lowest BCUT2D eigenvalue weighted by Gasteiger charge is -2.49. The van der Waals surface area contributed by atoms with Gasteiger partial charge in [-0.3, -0.25) is 4.68 Å². The minimum absolute atomic E-state index is 0.695. The molecule has 2 aliphatic rings. The zero-order valence-electron chi connectivity index (χ0n) is 13.8. The van der Waals surface area contributed by atoms with Crippen LogP contribution in [-0.4, -0.2) is 46.4 Å². The van der Waals surface area contributed by atoms with Crippen molar-refractivity contribution in [1.29, 1.82) is 0 Å². The van der Waals surface area contributed by atoms with Gasteiger partial charge in [-0.1, -0.05) is 6.42 Å². The molecule has 4 heteroatoms. The van der Waals surface area contributed by atoms with Crippen molar-refractivity contribution in [1.82, 2.24) is 20.0 Å². The van der Waals surface area contributed by atoms with E-state index in [1.807, 2.05) is 6.20 Å². The molecule has 0 radical (unpaired) electrons. The number of aryl methyl sites for hydroxylation is 1. The molecule has 0 spiro atoms. The molecule has 1 saturated heterocycles. The molecule has 3 rings (SSSR count). The minimum Gasteiger partial charge on any atom is -0.311 e. The Labute approximate surface area is 128 Å². The van der Waals surface area contributed by atoms with E-state index >= 15 is 0 Å². The summed E-state index contributed by atoms with van der Waals surface area (Å²) in [5.74, 6) is 1.69. The summed E-state index contributed by atoms with van der Waals surface area (Å²) in [7, 11) is 0. The van der Waals surface area contributed by atoms with E-state index in [9.17, 15) is 0 Å². The van der Waals surface area contributed by atoms with Crippen LogP contribution in [0.1, 0.15) is 38.7 Å². The highest BCUT2D eigenvalue weighted by molar-refractivity contribution is 4.99. The Morgan fingerprint density at radius 2 is 2.00 bits per heavy atom. The van der Waals surface area contributed by atoms with E-state index in [1.165, 1.54) is 37.9 Å². The molecular weight excluding hydrogens is 260 g/mol. The zero-order valence-corrected chi connectivity index (χ0v) is 13.8. The third-order valence-electron chi connectivity index (χ3n) is 5.32. The maximum atomic E-state index is 4.37. The van der Waals surface area contributed by atoms with Crippen molar-refractivity contribution in [3.63, 3.8) is 0 Å². The summed E-state index contributed by atoms with van der Waals surface area (Å²) >= 11 is 0. The van der Waals surface area contributed by atoms with Crippen LogP contribution in [0.3, 0.4) is 0 Å². The quantitative estimate of drug-likeness (QED) is 0.903. The molecule has 0 aromatic carbocycles. The fraction of sp³-hybridized carbons (Fsp3) is 0.824. The number of hydrogen-bond acceptors (Lipinski definition) is 3. The number of nitrogens with one attached hydrogen (secondary N) is 1. The van der Waals surface area contributed by atoms with Crippen molar-refractivity contribution in [2.45, 2.75) is 58.7 Å². The van der Waals surface area contributed by atoms with Gasteiger partial charge in [-0.25, -0.2) is 0 Å². The van der Waals surface area contributed by atoms with Gasteiger partial charge in [0.05, 0.1) is 12.7 Å². The smallest absolute Gasteiger partial charge is 0.0534 e. The number of rotatable bonds is 5. The van der Waals surface area contributed by atoms with Crippen LogP contribution >= 0.6 is 0 Å². The molecule has 1 aromatic heterocycles. The van der Waals surface area contributed by atoms with Crippen LogP contribution < -0.4 is 5.32 Å². The fourth-order valence-electron chi connectivity index (χ4n) is 4.16. The molecule has 1 aromatic rings. The molecule has 21 heavy (non-hydrogen) atoms. The van der Waals surface area contributed by atoms with Gasteiger partial charge in [-0.2, -0.15) is 5.10 Å². The number of hydrogen-bond donors (Lipinski definition) is 1. The molecule has 1 aliphatic heterocycles. The number of nitrogens with zero attached hydrogens (tertiary/aromatic N) is 3. The van der Waals surface area contributed by atoms with E-state index in [4.69, 9.17) is 0 Å². The van der Waals surface area contributed by atoms with Gasteiger partial charge in [0.25, 0.3) is 0 Å². The Hall–Kier alpha value is -0.870. The van der Waals surface area contributed by atoms with Gasteiger partial charge in [0.15, 0.2) is 0 Å². The molecule has 1 saturated carbocycles. The summed E-state index contributed by atoms with van der Waals surface area (Å²) in [6.45, 7) is 11.4. The third kappa shape index (κ3) is 3.49. The normalized spacial score (nSPS) is 30.0. The van der Waals surface area contributed by atoms with Crippen LogP contribution in [0.2, 0.25) is 0 Å². The van der Waals surface area contributed by atoms with Crippen molar-refractivity contribution in [2.75, 3.05) is 19.6 Å². The van der Waals surface area contributed by atoms with Crippen LogP contribution in [-0.2, 0) is 6.54 Å². The first-order valence-electron chi connectivity index (χ1n) is 8.60. The molecule has 2 heterocycles. The van der Waals surface area contributed by atoms with E-state index in [0.29, 0.717) is 6.04 Å². The zero-order chi connectivity index (χ0) is 14.8. The predicted octanol–water partition coefficient (Wildman–Crippen LogP) is 2.29. The van der Waals surface area contributed by atoms with Gasteiger partial charge < -0.3 is 10.2 Å². The van der Waals surface area contributed by atoms with Crippen molar-refractivity contribution in [2.24, 2.45) is 11.8 Å². The van der Waals surface area contributed by atoms with Crippen molar-refractivity contribution < 1.29 is 0 Å².